The predicted octanol–water partition coefficient (Wildman–Crippen LogP) is 1.42. The number of halogens is 3. The molecule has 2 heterocycles. The van der Waals surface area contributed by atoms with Crippen molar-refractivity contribution in [2.75, 3.05) is 19.7 Å². The first-order valence-electron chi connectivity index (χ1n) is 6.16. The van der Waals surface area contributed by atoms with Crippen LogP contribution in [0.5, 0.6) is 5.88 Å². The fourth-order valence-corrected chi connectivity index (χ4v) is 1.70. The van der Waals surface area contributed by atoms with Crippen molar-refractivity contribution < 1.29 is 17.9 Å². The molecule has 1 aliphatic rings. The molecule has 8 heteroatoms. The van der Waals surface area contributed by atoms with E-state index >= 15 is 0 Å². The van der Waals surface area contributed by atoms with Gasteiger partial charge in [0.25, 0.3) is 0 Å². The van der Waals surface area contributed by atoms with Crippen molar-refractivity contribution in [3.8, 4) is 5.88 Å². The van der Waals surface area contributed by atoms with Gasteiger partial charge in [-0.05, 0) is 19.1 Å². The standard InChI is InChI=1S/C12H15F3N4O/c1-8-7-18-11(19-8)17-5-6-20-10-9(12(13,14)15)3-2-4-16-10/h2-4,8H,5-7H2,1H3,(H2,17,18,19). The average molecular weight is 288 g/mol. The molecule has 20 heavy (non-hydrogen) atoms. The lowest BCUT2D eigenvalue weighted by molar-refractivity contribution is -0.139. The van der Waals surface area contributed by atoms with Crippen LogP contribution < -0.4 is 15.4 Å². The average Bonchev–Trinajstić information content (AvgIpc) is 2.80. The van der Waals surface area contributed by atoms with Gasteiger partial charge in [0.2, 0.25) is 5.88 Å². The molecule has 1 aromatic heterocycles. The molecule has 0 saturated carbocycles. The maximum Gasteiger partial charge on any atom is 0.421 e. The van der Waals surface area contributed by atoms with Crippen LogP contribution in [0.3, 0.4) is 0 Å². The summed E-state index contributed by atoms with van der Waals surface area (Å²) in [6, 6.07) is 2.44. The first-order chi connectivity index (χ1) is 9.47. The van der Waals surface area contributed by atoms with E-state index in [9.17, 15) is 13.2 Å². The first-order valence-corrected chi connectivity index (χ1v) is 6.16. The van der Waals surface area contributed by atoms with Crippen molar-refractivity contribution in [3.05, 3.63) is 23.9 Å². The van der Waals surface area contributed by atoms with Crippen molar-refractivity contribution in [2.24, 2.45) is 4.99 Å². The molecule has 2 N–H and O–H groups in total. The zero-order chi connectivity index (χ0) is 14.6. The Morgan fingerprint density at radius 3 is 2.95 bits per heavy atom. The Kier molecular flexibility index (Phi) is 4.31. The number of rotatable bonds is 4. The number of nitrogens with zero attached hydrogens (tertiary/aromatic N) is 2. The summed E-state index contributed by atoms with van der Waals surface area (Å²) in [6.07, 6.45) is -3.20. The number of ether oxygens (including phenoxy) is 1. The summed E-state index contributed by atoms with van der Waals surface area (Å²) in [5.74, 6) is 0.231. The molecule has 110 valence electrons. The van der Waals surface area contributed by atoms with Crippen molar-refractivity contribution in [1.82, 2.24) is 15.6 Å². The van der Waals surface area contributed by atoms with E-state index in [4.69, 9.17) is 4.74 Å². The summed E-state index contributed by atoms with van der Waals surface area (Å²) in [5, 5.41) is 6.02. The van der Waals surface area contributed by atoms with Gasteiger partial charge in [-0.25, -0.2) is 4.98 Å². The van der Waals surface area contributed by atoms with Gasteiger partial charge in [-0.1, -0.05) is 0 Å². The fraction of sp³-hybridized carbons (Fsp3) is 0.500. The van der Waals surface area contributed by atoms with Crippen LogP contribution in [0.4, 0.5) is 13.2 Å². The smallest absolute Gasteiger partial charge is 0.421 e. The molecule has 1 aliphatic heterocycles. The van der Waals surface area contributed by atoms with E-state index in [-0.39, 0.29) is 12.6 Å². The third-order valence-corrected chi connectivity index (χ3v) is 2.62. The lowest BCUT2D eigenvalue weighted by Crippen LogP contribution is -2.39. The summed E-state index contributed by atoms with van der Waals surface area (Å²) in [7, 11) is 0. The van der Waals surface area contributed by atoms with Gasteiger partial charge in [-0.15, -0.1) is 0 Å². The number of hydrogen-bond acceptors (Lipinski definition) is 5. The quantitative estimate of drug-likeness (QED) is 0.823. The number of aromatic nitrogens is 1. The highest BCUT2D eigenvalue weighted by atomic mass is 19.4. The van der Waals surface area contributed by atoms with Crippen LogP contribution in [0.15, 0.2) is 23.3 Å². The Morgan fingerprint density at radius 1 is 1.50 bits per heavy atom. The number of alkyl halides is 3. The lowest BCUT2D eigenvalue weighted by atomic mass is 10.2. The Bertz CT molecular complexity index is 490. The molecule has 0 bridgehead atoms. The van der Waals surface area contributed by atoms with Crippen LogP contribution in [0.25, 0.3) is 0 Å². The summed E-state index contributed by atoms with van der Waals surface area (Å²) in [5.41, 5.74) is -0.870. The highest BCUT2D eigenvalue weighted by Gasteiger charge is 2.34. The molecule has 0 radical (unpaired) electrons. The highest BCUT2D eigenvalue weighted by Crippen LogP contribution is 2.34. The minimum absolute atomic E-state index is 0.0647. The molecule has 0 aliphatic carbocycles. The molecule has 1 aromatic rings. The van der Waals surface area contributed by atoms with Gasteiger partial charge >= 0.3 is 6.18 Å². The predicted molar refractivity (Wildman–Crippen MR) is 67.6 cm³/mol. The second-order valence-corrected chi connectivity index (χ2v) is 4.36. The van der Waals surface area contributed by atoms with Crippen LogP contribution in [0.1, 0.15) is 12.5 Å². The Hall–Kier alpha value is -1.99. The second-order valence-electron chi connectivity index (χ2n) is 4.36. The molecule has 1 unspecified atom stereocenters. The number of pyridine rings is 1. The van der Waals surface area contributed by atoms with E-state index in [2.05, 4.69) is 20.6 Å². The lowest BCUT2D eigenvalue weighted by Gasteiger charge is -2.13. The van der Waals surface area contributed by atoms with E-state index in [1.165, 1.54) is 12.3 Å². The zero-order valence-electron chi connectivity index (χ0n) is 10.9. The first kappa shape index (κ1) is 14.4. The Balaban J connectivity index is 1.83. The fourth-order valence-electron chi connectivity index (χ4n) is 1.70. The summed E-state index contributed by atoms with van der Waals surface area (Å²) >= 11 is 0. The SMILES string of the molecule is CC1CN=C(NCCOc2ncccc2C(F)(F)F)N1. The number of aliphatic imine (C=N–C) groups is 1. The Labute approximate surface area is 114 Å². The van der Waals surface area contributed by atoms with Gasteiger partial charge in [-0.3, -0.25) is 4.99 Å². The van der Waals surface area contributed by atoms with Crippen LogP contribution in [-0.2, 0) is 6.18 Å². The van der Waals surface area contributed by atoms with E-state index < -0.39 is 17.6 Å². The highest BCUT2D eigenvalue weighted by molar-refractivity contribution is 5.81. The maximum absolute atomic E-state index is 12.7. The molecule has 0 amide bonds. The monoisotopic (exact) mass is 288 g/mol. The molecular formula is C12H15F3N4O. The van der Waals surface area contributed by atoms with Gasteiger partial charge in [0, 0.05) is 12.2 Å². The topological polar surface area (TPSA) is 58.5 Å². The zero-order valence-corrected chi connectivity index (χ0v) is 10.9. The summed E-state index contributed by atoms with van der Waals surface area (Å²) in [6.45, 7) is 3.07. The number of nitrogens with one attached hydrogen (secondary N) is 2. The molecule has 0 fully saturated rings. The molecular weight excluding hydrogens is 273 g/mol. The molecule has 2 rings (SSSR count). The number of guanidine groups is 1. The third-order valence-electron chi connectivity index (χ3n) is 2.62. The normalized spacial score (nSPS) is 18.4. The molecule has 0 aromatic carbocycles. The van der Waals surface area contributed by atoms with E-state index in [0.717, 1.165) is 6.07 Å². The number of hydrogen-bond donors (Lipinski definition) is 2. The van der Waals surface area contributed by atoms with Gasteiger partial charge < -0.3 is 15.4 Å². The minimum atomic E-state index is -4.47. The summed E-state index contributed by atoms with van der Waals surface area (Å²) < 4.78 is 43.1. The van der Waals surface area contributed by atoms with E-state index in [1.807, 2.05) is 6.92 Å². The van der Waals surface area contributed by atoms with Gasteiger partial charge in [0.15, 0.2) is 5.96 Å². The maximum atomic E-state index is 12.7. The molecule has 1 atom stereocenters. The largest absolute Gasteiger partial charge is 0.475 e. The molecule has 0 saturated heterocycles. The van der Waals surface area contributed by atoms with E-state index in [0.29, 0.717) is 19.0 Å². The minimum Gasteiger partial charge on any atom is -0.475 e. The Morgan fingerprint density at radius 2 is 2.30 bits per heavy atom. The summed E-state index contributed by atoms with van der Waals surface area (Å²) in [4.78, 5) is 7.77. The molecule has 5 nitrogen and oxygen atoms in total. The van der Waals surface area contributed by atoms with Crippen molar-refractivity contribution in [2.45, 2.75) is 19.1 Å². The van der Waals surface area contributed by atoms with Crippen LogP contribution in [0.2, 0.25) is 0 Å². The van der Waals surface area contributed by atoms with Gasteiger partial charge in [0.1, 0.15) is 12.2 Å². The molecule has 0 spiro atoms. The van der Waals surface area contributed by atoms with Gasteiger partial charge in [-0.2, -0.15) is 13.2 Å². The van der Waals surface area contributed by atoms with Crippen molar-refractivity contribution >= 4 is 5.96 Å². The van der Waals surface area contributed by atoms with Crippen LogP contribution in [-0.4, -0.2) is 36.7 Å². The second kappa shape index (κ2) is 5.98. The van der Waals surface area contributed by atoms with E-state index in [1.54, 1.807) is 0 Å². The van der Waals surface area contributed by atoms with Crippen LogP contribution in [0, 0.1) is 0 Å². The van der Waals surface area contributed by atoms with Crippen molar-refractivity contribution in [3.63, 3.8) is 0 Å². The third kappa shape index (κ3) is 3.75. The van der Waals surface area contributed by atoms with Gasteiger partial charge in [0.05, 0.1) is 13.1 Å². The van der Waals surface area contributed by atoms with Crippen LogP contribution >= 0.6 is 0 Å². The van der Waals surface area contributed by atoms with Crippen molar-refractivity contribution in [1.29, 1.82) is 0 Å².